The van der Waals surface area contributed by atoms with Gasteiger partial charge in [0.15, 0.2) is 0 Å². The molecule has 3 aromatic carbocycles. The van der Waals surface area contributed by atoms with Gasteiger partial charge < -0.3 is 9.80 Å². The van der Waals surface area contributed by atoms with Gasteiger partial charge in [0.05, 0.1) is 16.9 Å². The van der Waals surface area contributed by atoms with E-state index in [0.29, 0.717) is 40.4 Å². The van der Waals surface area contributed by atoms with Crippen molar-refractivity contribution in [3.8, 4) is 0 Å². The van der Waals surface area contributed by atoms with Crippen LogP contribution in [0.25, 0.3) is 21.7 Å². The Morgan fingerprint density at radius 2 is 1.76 bits per heavy atom. The maximum Gasteiger partial charge on any atom is 0.261 e. The van der Waals surface area contributed by atoms with Gasteiger partial charge in [-0.05, 0) is 62.1 Å². The molecule has 170 valence electrons. The van der Waals surface area contributed by atoms with E-state index in [1.165, 1.54) is 4.57 Å². The first-order valence-electron chi connectivity index (χ1n) is 10.9. The summed E-state index contributed by atoms with van der Waals surface area (Å²) in [6, 6.07) is 18.4. The van der Waals surface area contributed by atoms with Crippen molar-refractivity contribution in [2.45, 2.75) is 13.0 Å². The van der Waals surface area contributed by atoms with Crippen molar-refractivity contribution in [3.63, 3.8) is 0 Å². The minimum absolute atomic E-state index is 0.0967. The van der Waals surface area contributed by atoms with E-state index in [-0.39, 0.29) is 11.5 Å². The van der Waals surface area contributed by atoms with E-state index in [9.17, 15) is 9.59 Å². The summed E-state index contributed by atoms with van der Waals surface area (Å²) in [6.07, 6.45) is 0. The molecule has 0 N–H and O–H groups in total. The second-order valence-electron chi connectivity index (χ2n) is 8.54. The van der Waals surface area contributed by atoms with Crippen LogP contribution in [0, 0.1) is 0 Å². The monoisotopic (exact) mass is 462 g/mol. The minimum Gasteiger partial charge on any atom is -0.327 e. The summed E-state index contributed by atoms with van der Waals surface area (Å²) in [6.45, 7) is 3.09. The fourth-order valence-electron chi connectivity index (χ4n) is 4.04. The number of benzene rings is 3. The van der Waals surface area contributed by atoms with Crippen LogP contribution in [0.3, 0.4) is 0 Å². The first-order valence-corrected chi connectivity index (χ1v) is 11.2. The van der Waals surface area contributed by atoms with Crippen LogP contribution in [0.4, 0.5) is 0 Å². The summed E-state index contributed by atoms with van der Waals surface area (Å²) in [5.74, 6) is 0.434. The predicted molar refractivity (Wildman–Crippen MR) is 134 cm³/mol. The molecular weight excluding hydrogens is 436 g/mol. The standard InChI is InChI=1S/C26H27ClN4O2/c1-17(24-28-23-12-11-21(27)16-22(23)26(33)30(24)4)31(14-13-29(2)3)25(32)20-10-9-18-7-5-6-8-19(18)15-20/h5-12,15-17H,13-14H2,1-4H3. The van der Waals surface area contributed by atoms with E-state index in [1.807, 2.05) is 68.4 Å². The zero-order valence-electron chi connectivity index (χ0n) is 19.2. The number of amides is 1. The number of carbonyl (C=O) groups excluding carboxylic acids is 1. The van der Waals surface area contributed by atoms with Crippen LogP contribution in [-0.2, 0) is 7.05 Å². The number of carbonyl (C=O) groups is 1. The van der Waals surface area contributed by atoms with Gasteiger partial charge in [0.2, 0.25) is 0 Å². The summed E-state index contributed by atoms with van der Waals surface area (Å²) in [4.78, 5) is 35.3. The third-order valence-corrected chi connectivity index (χ3v) is 6.19. The Bertz CT molecular complexity index is 1400. The largest absolute Gasteiger partial charge is 0.327 e. The number of halogens is 1. The molecule has 1 heterocycles. The number of rotatable bonds is 6. The van der Waals surface area contributed by atoms with Gasteiger partial charge >= 0.3 is 0 Å². The molecule has 0 bridgehead atoms. The van der Waals surface area contributed by atoms with Crippen LogP contribution in [-0.4, -0.2) is 52.4 Å². The Morgan fingerprint density at radius 3 is 2.48 bits per heavy atom. The maximum atomic E-state index is 13.7. The normalized spacial score (nSPS) is 12.4. The molecule has 0 spiro atoms. The number of likely N-dealkylation sites (N-methyl/N-ethyl adjacent to an activating group) is 1. The first-order chi connectivity index (χ1) is 15.8. The van der Waals surface area contributed by atoms with Crippen molar-refractivity contribution in [3.05, 3.63) is 87.4 Å². The maximum absolute atomic E-state index is 13.7. The van der Waals surface area contributed by atoms with Crippen LogP contribution in [0.1, 0.15) is 29.1 Å². The van der Waals surface area contributed by atoms with E-state index < -0.39 is 6.04 Å². The number of aromatic nitrogens is 2. The molecule has 0 saturated heterocycles. The highest BCUT2D eigenvalue weighted by atomic mass is 35.5. The Kier molecular flexibility index (Phi) is 6.49. The van der Waals surface area contributed by atoms with Crippen molar-refractivity contribution in [2.75, 3.05) is 27.2 Å². The highest BCUT2D eigenvalue weighted by molar-refractivity contribution is 6.31. The molecule has 0 aliphatic heterocycles. The van der Waals surface area contributed by atoms with Crippen molar-refractivity contribution in [2.24, 2.45) is 7.05 Å². The van der Waals surface area contributed by atoms with Gasteiger partial charge in [-0.3, -0.25) is 14.2 Å². The highest BCUT2D eigenvalue weighted by Gasteiger charge is 2.26. The van der Waals surface area contributed by atoms with Gasteiger partial charge in [-0.15, -0.1) is 0 Å². The number of fused-ring (bicyclic) bond motifs is 2. The molecule has 1 unspecified atom stereocenters. The molecule has 0 aliphatic rings. The second-order valence-corrected chi connectivity index (χ2v) is 8.97. The molecule has 6 nitrogen and oxygen atoms in total. The van der Waals surface area contributed by atoms with E-state index in [2.05, 4.69) is 0 Å². The molecule has 33 heavy (non-hydrogen) atoms. The van der Waals surface area contributed by atoms with Gasteiger partial charge in [0.25, 0.3) is 11.5 Å². The van der Waals surface area contributed by atoms with Gasteiger partial charge in [-0.25, -0.2) is 4.98 Å². The topological polar surface area (TPSA) is 58.4 Å². The Balaban J connectivity index is 1.77. The zero-order chi connectivity index (χ0) is 23.7. The Labute approximate surface area is 198 Å². The summed E-state index contributed by atoms with van der Waals surface area (Å²) in [5, 5.41) is 3.04. The van der Waals surface area contributed by atoms with E-state index in [4.69, 9.17) is 16.6 Å². The van der Waals surface area contributed by atoms with Gasteiger partial charge in [0.1, 0.15) is 5.82 Å². The lowest BCUT2D eigenvalue weighted by Gasteiger charge is -2.31. The Morgan fingerprint density at radius 1 is 1.03 bits per heavy atom. The van der Waals surface area contributed by atoms with Crippen LogP contribution >= 0.6 is 11.6 Å². The van der Waals surface area contributed by atoms with Gasteiger partial charge in [-0.2, -0.15) is 0 Å². The minimum atomic E-state index is -0.415. The molecule has 1 amide bonds. The molecule has 0 aliphatic carbocycles. The van der Waals surface area contributed by atoms with E-state index in [1.54, 1.807) is 30.1 Å². The second kappa shape index (κ2) is 9.33. The van der Waals surface area contributed by atoms with Crippen LogP contribution in [0.15, 0.2) is 65.5 Å². The SMILES string of the molecule is CC(c1nc2ccc(Cl)cc2c(=O)n1C)N(CCN(C)C)C(=O)c1ccc2ccccc2c1. The van der Waals surface area contributed by atoms with E-state index >= 15 is 0 Å². The summed E-state index contributed by atoms with van der Waals surface area (Å²) < 4.78 is 1.51. The predicted octanol–water partition coefficient (Wildman–Crippen LogP) is 4.51. The van der Waals surface area contributed by atoms with Crippen LogP contribution < -0.4 is 5.56 Å². The van der Waals surface area contributed by atoms with Crippen molar-refractivity contribution < 1.29 is 4.79 Å². The van der Waals surface area contributed by atoms with Crippen LogP contribution in [0.5, 0.6) is 0 Å². The summed E-state index contributed by atoms with van der Waals surface area (Å²) in [7, 11) is 5.63. The van der Waals surface area contributed by atoms with E-state index in [0.717, 1.165) is 10.8 Å². The number of hydrogen-bond donors (Lipinski definition) is 0. The summed E-state index contributed by atoms with van der Waals surface area (Å²) >= 11 is 6.08. The first kappa shape index (κ1) is 23.0. The fourth-order valence-corrected chi connectivity index (χ4v) is 4.21. The zero-order valence-corrected chi connectivity index (χ0v) is 20.0. The molecule has 0 saturated carbocycles. The third kappa shape index (κ3) is 4.63. The lowest BCUT2D eigenvalue weighted by Crippen LogP contribution is -2.40. The smallest absolute Gasteiger partial charge is 0.261 e. The van der Waals surface area contributed by atoms with Crippen molar-refractivity contribution in [1.29, 1.82) is 0 Å². The lowest BCUT2D eigenvalue weighted by molar-refractivity contribution is 0.0666. The molecule has 1 atom stereocenters. The highest BCUT2D eigenvalue weighted by Crippen LogP contribution is 2.24. The Hall–Kier alpha value is -3.22. The molecule has 4 aromatic rings. The third-order valence-electron chi connectivity index (χ3n) is 5.96. The van der Waals surface area contributed by atoms with Crippen LogP contribution in [0.2, 0.25) is 5.02 Å². The molecular formula is C26H27ClN4O2. The number of hydrogen-bond acceptors (Lipinski definition) is 4. The molecule has 4 rings (SSSR count). The van der Waals surface area contributed by atoms with Gasteiger partial charge in [-0.1, -0.05) is 41.9 Å². The molecule has 1 aromatic heterocycles. The average molecular weight is 463 g/mol. The lowest BCUT2D eigenvalue weighted by atomic mass is 10.1. The van der Waals surface area contributed by atoms with Crippen molar-refractivity contribution in [1.82, 2.24) is 19.4 Å². The molecule has 0 radical (unpaired) electrons. The summed E-state index contributed by atoms with van der Waals surface area (Å²) in [5.41, 5.74) is 0.988. The fraction of sp³-hybridized carbons (Fsp3) is 0.269. The van der Waals surface area contributed by atoms with Gasteiger partial charge in [0, 0.05) is 30.7 Å². The number of nitrogens with zero attached hydrogens (tertiary/aromatic N) is 4. The van der Waals surface area contributed by atoms with Crippen molar-refractivity contribution >= 4 is 39.2 Å². The molecule has 7 heteroatoms. The molecule has 0 fully saturated rings. The quantitative estimate of drug-likeness (QED) is 0.423. The average Bonchev–Trinajstić information content (AvgIpc) is 2.81.